The zero-order valence-electron chi connectivity index (χ0n) is 18.9. The van der Waals surface area contributed by atoms with E-state index in [0.29, 0.717) is 0 Å². The maximum atomic E-state index is 12.6. The number of nitrogens with two attached hydrogens (primary N) is 2. The summed E-state index contributed by atoms with van der Waals surface area (Å²) in [5.74, 6) is -10.4. The molecule has 0 fully saturated rings. The highest BCUT2D eigenvalue weighted by molar-refractivity contribution is 5.97. The molecule has 0 heterocycles. The normalized spacial score (nSPS) is 13.7. The van der Waals surface area contributed by atoms with Crippen LogP contribution in [0.2, 0.25) is 0 Å². The molecular formula is C18H29N7O11. The van der Waals surface area contributed by atoms with E-state index in [9.17, 15) is 33.6 Å². The molecule has 0 radical (unpaired) electrons. The fourth-order valence-electron chi connectivity index (χ4n) is 2.64. The molecule has 18 nitrogen and oxygen atoms in total. The second-order valence-electron chi connectivity index (χ2n) is 7.40. The minimum atomic E-state index is -1.95. The number of carbonyl (C=O) groups is 7. The van der Waals surface area contributed by atoms with Crippen molar-refractivity contribution in [2.45, 2.75) is 56.3 Å². The van der Waals surface area contributed by atoms with Gasteiger partial charge in [-0.2, -0.15) is 0 Å². The third-order valence-corrected chi connectivity index (χ3v) is 4.36. The van der Waals surface area contributed by atoms with Crippen LogP contribution in [-0.4, -0.2) is 98.7 Å². The van der Waals surface area contributed by atoms with Crippen LogP contribution in [-0.2, 0) is 33.6 Å². The van der Waals surface area contributed by atoms with E-state index in [1.807, 2.05) is 5.32 Å². The van der Waals surface area contributed by atoms with Gasteiger partial charge in [0, 0.05) is 6.54 Å². The Kier molecular flexibility index (Phi) is 13.5. The molecule has 3 amide bonds. The first-order valence-corrected chi connectivity index (χ1v) is 10.3. The molecule has 13 N–H and O–H groups in total. The predicted molar refractivity (Wildman–Crippen MR) is 117 cm³/mol. The van der Waals surface area contributed by atoms with Gasteiger partial charge in [-0.05, 0) is 12.8 Å². The maximum Gasteiger partial charge on any atom is 0.326 e. The Morgan fingerprint density at radius 3 is 1.47 bits per heavy atom. The molecule has 0 saturated carbocycles. The van der Waals surface area contributed by atoms with Crippen molar-refractivity contribution in [2.24, 2.45) is 11.5 Å². The molecule has 36 heavy (non-hydrogen) atoms. The van der Waals surface area contributed by atoms with Gasteiger partial charge in [0.25, 0.3) is 0 Å². The van der Waals surface area contributed by atoms with E-state index in [2.05, 4.69) is 10.6 Å². The molecule has 0 aromatic carbocycles. The molecule has 0 aliphatic carbocycles. The van der Waals surface area contributed by atoms with Crippen LogP contribution in [0.25, 0.3) is 0 Å². The molecule has 0 aromatic rings. The summed E-state index contributed by atoms with van der Waals surface area (Å²) in [6.07, 6.45) is -2.77. The molecule has 4 atom stereocenters. The largest absolute Gasteiger partial charge is 0.481 e. The van der Waals surface area contributed by atoms with E-state index in [4.69, 9.17) is 37.3 Å². The van der Waals surface area contributed by atoms with Crippen molar-refractivity contribution in [1.29, 1.82) is 5.41 Å². The SMILES string of the molecule is N=C(N)NCCC[C@H](N)C(=O)N[C@@H](CC(=O)O)C(=O)N[C@@H](CC(=O)O)C(=O)N[C@@H](CC(=O)O)C(=O)O. The molecule has 0 unspecified atom stereocenters. The highest BCUT2D eigenvalue weighted by atomic mass is 16.4. The monoisotopic (exact) mass is 519 g/mol. The van der Waals surface area contributed by atoms with Crippen LogP contribution in [0.1, 0.15) is 32.1 Å². The summed E-state index contributed by atoms with van der Waals surface area (Å²) >= 11 is 0. The Hall–Kier alpha value is -4.48. The minimum absolute atomic E-state index is 0.0533. The zero-order chi connectivity index (χ0) is 28.0. The lowest BCUT2D eigenvalue weighted by atomic mass is 10.1. The quantitative estimate of drug-likeness (QED) is 0.0490. The van der Waals surface area contributed by atoms with Crippen molar-refractivity contribution in [1.82, 2.24) is 21.3 Å². The molecule has 202 valence electrons. The van der Waals surface area contributed by atoms with Crippen LogP contribution in [0, 0.1) is 5.41 Å². The number of hydrogen-bond donors (Lipinski definition) is 11. The summed E-state index contributed by atoms with van der Waals surface area (Å²) in [7, 11) is 0. The Balaban J connectivity index is 5.43. The summed E-state index contributed by atoms with van der Waals surface area (Å²) in [5.41, 5.74) is 10.8. The molecule has 0 saturated heterocycles. The number of aliphatic carboxylic acids is 4. The van der Waals surface area contributed by atoms with Crippen molar-refractivity contribution in [2.75, 3.05) is 6.54 Å². The van der Waals surface area contributed by atoms with Crippen LogP contribution in [0.4, 0.5) is 0 Å². The van der Waals surface area contributed by atoms with Crippen LogP contribution in [0.5, 0.6) is 0 Å². The summed E-state index contributed by atoms with van der Waals surface area (Å²) < 4.78 is 0. The fourth-order valence-corrected chi connectivity index (χ4v) is 2.64. The molecular weight excluding hydrogens is 490 g/mol. The number of carbonyl (C=O) groups excluding carboxylic acids is 3. The van der Waals surface area contributed by atoms with Gasteiger partial charge in [-0.3, -0.25) is 34.2 Å². The standard InChI is InChI=1S/C18H29N7O11/c19-7(2-1-3-22-18(20)21)14(32)23-8(4-11(26)27)15(33)24-9(5-12(28)29)16(34)25-10(17(35)36)6-13(30)31/h7-10H,1-6,19H2,(H,23,32)(H,24,33)(H,25,34)(H,26,27)(H,28,29)(H,30,31)(H,35,36)(H4,20,21,22)/t7-,8-,9-,10-/m0/s1. The highest BCUT2D eigenvalue weighted by Gasteiger charge is 2.33. The Morgan fingerprint density at radius 1 is 0.694 bits per heavy atom. The molecule has 0 bridgehead atoms. The third-order valence-electron chi connectivity index (χ3n) is 4.36. The Morgan fingerprint density at radius 2 is 1.08 bits per heavy atom. The van der Waals surface area contributed by atoms with Gasteiger partial charge >= 0.3 is 23.9 Å². The van der Waals surface area contributed by atoms with Crippen molar-refractivity contribution in [3.63, 3.8) is 0 Å². The van der Waals surface area contributed by atoms with Crippen LogP contribution in [0.15, 0.2) is 0 Å². The van der Waals surface area contributed by atoms with E-state index in [1.54, 1.807) is 5.32 Å². The Bertz CT molecular complexity index is 879. The first-order chi connectivity index (χ1) is 16.6. The number of nitrogens with one attached hydrogen (secondary N) is 5. The predicted octanol–water partition coefficient (Wildman–Crippen LogP) is -4.46. The van der Waals surface area contributed by atoms with Gasteiger partial charge in [-0.1, -0.05) is 0 Å². The van der Waals surface area contributed by atoms with E-state index >= 15 is 0 Å². The summed E-state index contributed by atoms with van der Waals surface area (Å²) in [5, 5.41) is 51.2. The maximum absolute atomic E-state index is 12.6. The highest BCUT2D eigenvalue weighted by Crippen LogP contribution is 2.03. The van der Waals surface area contributed by atoms with Crippen molar-refractivity contribution in [3.05, 3.63) is 0 Å². The van der Waals surface area contributed by atoms with E-state index in [-0.39, 0.29) is 25.3 Å². The van der Waals surface area contributed by atoms with Crippen molar-refractivity contribution in [3.8, 4) is 0 Å². The lowest BCUT2D eigenvalue weighted by molar-refractivity contribution is -0.148. The number of guanidine groups is 1. The van der Waals surface area contributed by atoms with E-state index in [1.165, 1.54) is 0 Å². The fraction of sp³-hybridized carbons (Fsp3) is 0.556. The van der Waals surface area contributed by atoms with E-state index in [0.717, 1.165) is 0 Å². The van der Waals surface area contributed by atoms with Crippen LogP contribution >= 0.6 is 0 Å². The molecule has 18 heteroatoms. The van der Waals surface area contributed by atoms with Gasteiger partial charge in [0.05, 0.1) is 25.3 Å². The lowest BCUT2D eigenvalue weighted by Crippen LogP contribution is -2.58. The molecule has 0 spiro atoms. The average molecular weight is 519 g/mol. The molecule has 0 aliphatic rings. The van der Waals surface area contributed by atoms with Gasteiger partial charge in [-0.15, -0.1) is 0 Å². The van der Waals surface area contributed by atoms with Gasteiger partial charge in [0.15, 0.2) is 5.96 Å². The topological polar surface area (TPSA) is 324 Å². The second kappa shape index (κ2) is 15.4. The Labute approximate surface area is 203 Å². The van der Waals surface area contributed by atoms with Crippen molar-refractivity contribution < 1.29 is 54.0 Å². The number of carboxylic acids is 4. The molecule has 0 rings (SSSR count). The van der Waals surface area contributed by atoms with Crippen LogP contribution < -0.4 is 32.7 Å². The van der Waals surface area contributed by atoms with Crippen LogP contribution in [0.3, 0.4) is 0 Å². The van der Waals surface area contributed by atoms with Gasteiger partial charge in [0.1, 0.15) is 18.1 Å². The number of carboxylic acid groups (broad SMARTS) is 4. The number of amides is 3. The van der Waals surface area contributed by atoms with Crippen molar-refractivity contribution >= 4 is 47.6 Å². The molecule has 0 aliphatic heterocycles. The van der Waals surface area contributed by atoms with Gasteiger partial charge in [0.2, 0.25) is 17.7 Å². The molecule has 0 aromatic heterocycles. The second-order valence-corrected chi connectivity index (χ2v) is 7.40. The first-order valence-electron chi connectivity index (χ1n) is 10.3. The zero-order valence-corrected chi connectivity index (χ0v) is 18.9. The van der Waals surface area contributed by atoms with E-state index < -0.39 is 85.0 Å². The number of rotatable bonds is 17. The average Bonchev–Trinajstić information content (AvgIpc) is 2.73. The summed E-state index contributed by atoms with van der Waals surface area (Å²) in [4.78, 5) is 81.5. The minimum Gasteiger partial charge on any atom is -0.481 e. The lowest BCUT2D eigenvalue weighted by Gasteiger charge is -2.23. The third kappa shape index (κ3) is 13.3. The summed E-state index contributed by atoms with van der Waals surface area (Å²) in [6, 6.07) is -6.89. The smallest absolute Gasteiger partial charge is 0.326 e. The van der Waals surface area contributed by atoms with Gasteiger partial charge in [-0.25, -0.2) is 4.79 Å². The number of hydrogen-bond acceptors (Lipinski definition) is 9. The first kappa shape index (κ1) is 31.5. The van der Waals surface area contributed by atoms with Gasteiger partial charge < -0.3 is 53.2 Å². The summed E-state index contributed by atoms with van der Waals surface area (Å²) in [6.45, 7) is 0.209.